The van der Waals surface area contributed by atoms with Gasteiger partial charge in [0.25, 0.3) is 0 Å². The highest BCUT2D eigenvalue weighted by atomic mass is 32.2. The summed E-state index contributed by atoms with van der Waals surface area (Å²) in [5.41, 5.74) is 1.62. The highest BCUT2D eigenvalue weighted by Crippen LogP contribution is 2.61. The van der Waals surface area contributed by atoms with E-state index in [1.54, 1.807) is 0 Å². The minimum atomic E-state index is -4.73. The van der Waals surface area contributed by atoms with E-state index in [0.29, 0.717) is 23.5 Å². The fourth-order valence-corrected chi connectivity index (χ4v) is 5.93. The highest BCUT2D eigenvalue weighted by molar-refractivity contribution is 7.90. The molecule has 0 amide bonds. The van der Waals surface area contributed by atoms with Crippen LogP contribution in [0.25, 0.3) is 11.1 Å². The summed E-state index contributed by atoms with van der Waals surface area (Å²) in [5, 5.41) is 0. The van der Waals surface area contributed by atoms with Crippen LogP contribution in [0.1, 0.15) is 41.5 Å². The van der Waals surface area contributed by atoms with Gasteiger partial charge in [0.1, 0.15) is 28.0 Å². The van der Waals surface area contributed by atoms with Gasteiger partial charge in [0.05, 0.1) is 17.9 Å². The third-order valence-electron chi connectivity index (χ3n) is 7.34. The van der Waals surface area contributed by atoms with Gasteiger partial charge in [-0.3, -0.25) is 0 Å². The average Bonchev–Trinajstić information content (AvgIpc) is 3.30. The molecule has 0 saturated heterocycles. The van der Waals surface area contributed by atoms with Gasteiger partial charge in [0.15, 0.2) is 0 Å². The van der Waals surface area contributed by atoms with Crippen molar-refractivity contribution in [1.29, 1.82) is 0 Å². The van der Waals surface area contributed by atoms with Crippen LogP contribution in [0.2, 0.25) is 0 Å². The summed E-state index contributed by atoms with van der Waals surface area (Å²) in [4.78, 5) is 3.96. The summed E-state index contributed by atoms with van der Waals surface area (Å²) in [6.07, 6.45) is -1.50. The summed E-state index contributed by atoms with van der Waals surface area (Å²) in [7, 11) is -3.21. The van der Waals surface area contributed by atoms with Gasteiger partial charge >= 0.3 is 6.18 Å². The molecule has 0 unspecified atom stereocenters. The van der Waals surface area contributed by atoms with Crippen LogP contribution in [0.5, 0.6) is 11.6 Å². The molecule has 5 nitrogen and oxygen atoms in total. The number of hydrogen-bond donors (Lipinski definition) is 0. The number of pyridine rings is 1. The van der Waals surface area contributed by atoms with Crippen molar-refractivity contribution in [3.05, 3.63) is 76.7 Å². The van der Waals surface area contributed by atoms with Crippen LogP contribution in [0, 0.1) is 17.7 Å². The number of benzene rings is 2. The molecule has 0 N–H and O–H groups in total. The van der Waals surface area contributed by atoms with Crippen molar-refractivity contribution in [1.82, 2.24) is 4.98 Å². The van der Waals surface area contributed by atoms with E-state index in [1.165, 1.54) is 23.3 Å². The molecule has 1 heterocycles. The number of ether oxygens (including phenoxy) is 2. The quantitative estimate of drug-likeness (QED) is 0.235. The van der Waals surface area contributed by atoms with E-state index in [-0.39, 0.29) is 48.0 Å². The average molecular weight is 550 g/mol. The molecule has 3 atom stereocenters. The van der Waals surface area contributed by atoms with E-state index in [1.807, 2.05) is 12.1 Å². The first kappa shape index (κ1) is 26.5. The lowest BCUT2D eigenvalue weighted by atomic mass is 9.99. The number of halogens is 4. The Morgan fingerprint density at radius 1 is 1.08 bits per heavy atom. The van der Waals surface area contributed by atoms with Crippen molar-refractivity contribution in [2.24, 2.45) is 11.8 Å². The van der Waals surface area contributed by atoms with Gasteiger partial charge in [-0.1, -0.05) is 19.1 Å². The molecule has 0 bridgehead atoms. The standard InChI is InChI=1S/C28H27F4NO4S/c1-16-22-12-18-11-20(5-6-21(18)27(16)22)37-15-19-10-17(4-7-25(19)29)23-14-33-26(13-24(23)28(30,31)32)36-8-3-9-38(2,34)35/h4-7,10-11,13-14,16,22,27H,3,8-9,12,15H2,1-2H3/t16-,22-,27-/m0/s1. The number of rotatable bonds is 9. The van der Waals surface area contributed by atoms with Gasteiger partial charge in [-0.05, 0) is 71.6 Å². The summed E-state index contributed by atoms with van der Waals surface area (Å²) >= 11 is 0. The van der Waals surface area contributed by atoms with Crippen molar-refractivity contribution >= 4 is 9.84 Å². The molecular weight excluding hydrogens is 522 g/mol. The van der Waals surface area contributed by atoms with Gasteiger partial charge in [0, 0.05) is 29.6 Å². The molecule has 0 aliphatic heterocycles. The van der Waals surface area contributed by atoms with Gasteiger partial charge in [-0.15, -0.1) is 0 Å². The zero-order valence-electron chi connectivity index (χ0n) is 20.9. The number of hydrogen-bond acceptors (Lipinski definition) is 5. The number of alkyl halides is 3. The molecule has 0 spiro atoms. The molecule has 10 heteroatoms. The molecule has 0 radical (unpaired) electrons. The summed E-state index contributed by atoms with van der Waals surface area (Å²) in [6.45, 7) is 2.01. The fourth-order valence-electron chi connectivity index (χ4n) is 5.29. The smallest absolute Gasteiger partial charge is 0.417 e. The number of fused-ring (bicyclic) bond motifs is 3. The second-order valence-electron chi connectivity index (χ2n) is 10.1. The molecule has 1 fully saturated rings. The van der Waals surface area contributed by atoms with Crippen LogP contribution >= 0.6 is 0 Å². The van der Waals surface area contributed by atoms with Gasteiger partial charge in [-0.2, -0.15) is 13.2 Å². The van der Waals surface area contributed by atoms with Crippen LogP contribution in [-0.2, 0) is 29.0 Å². The second kappa shape index (κ2) is 9.87. The third-order valence-corrected chi connectivity index (χ3v) is 8.37. The van der Waals surface area contributed by atoms with Crippen LogP contribution in [0.4, 0.5) is 17.6 Å². The Balaban J connectivity index is 1.32. The highest BCUT2D eigenvalue weighted by Gasteiger charge is 2.52. The zero-order chi connectivity index (χ0) is 27.2. The maximum absolute atomic E-state index is 14.6. The van der Waals surface area contributed by atoms with Gasteiger partial charge in [-0.25, -0.2) is 17.8 Å². The first-order chi connectivity index (χ1) is 17.9. The minimum Gasteiger partial charge on any atom is -0.489 e. The minimum absolute atomic E-state index is 0.0994. The van der Waals surface area contributed by atoms with E-state index >= 15 is 0 Å². The SMILES string of the molecule is C[C@H]1[C@@H]2Cc3cc(OCc4cc(-c5cnc(OCCCS(C)(=O)=O)cc5C(F)(F)F)ccc4F)ccc3[C@H]12. The van der Waals surface area contributed by atoms with Crippen molar-refractivity contribution in [3.63, 3.8) is 0 Å². The van der Waals surface area contributed by atoms with Crippen molar-refractivity contribution in [2.75, 3.05) is 18.6 Å². The number of nitrogens with zero attached hydrogens (tertiary/aromatic N) is 1. The second-order valence-corrected chi connectivity index (χ2v) is 12.4. The molecule has 5 rings (SSSR count). The van der Waals surface area contributed by atoms with Crippen LogP contribution in [-0.4, -0.2) is 32.0 Å². The summed E-state index contributed by atoms with van der Waals surface area (Å²) < 4.78 is 89.8. The Bertz CT molecular complexity index is 1470. The monoisotopic (exact) mass is 549 g/mol. The van der Waals surface area contributed by atoms with Crippen LogP contribution in [0.3, 0.4) is 0 Å². The largest absolute Gasteiger partial charge is 0.489 e. The normalized spacial score (nSPS) is 20.1. The van der Waals surface area contributed by atoms with Crippen molar-refractivity contribution in [3.8, 4) is 22.8 Å². The lowest BCUT2D eigenvalue weighted by Crippen LogP contribution is -2.11. The lowest BCUT2D eigenvalue weighted by Gasteiger charge is -2.16. The van der Waals surface area contributed by atoms with Crippen LogP contribution < -0.4 is 9.47 Å². The van der Waals surface area contributed by atoms with E-state index in [9.17, 15) is 26.0 Å². The zero-order valence-corrected chi connectivity index (χ0v) is 21.7. The first-order valence-electron chi connectivity index (χ1n) is 12.3. The van der Waals surface area contributed by atoms with Crippen molar-refractivity contribution < 1.29 is 35.5 Å². The maximum atomic E-state index is 14.6. The predicted octanol–water partition coefficient (Wildman–Crippen LogP) is 6.20. The molecule has 1 saturated carbocycles. The Kier molecular flexibility index (Phi) is 6.87. The van der Waals surface area contributed by atoms with Gasteiger partial charge in [0.2, 0.25) is 5.88 Å². The van der Waals surface area contributed by atoms with E-state index in [0.717, 1.165) is 31.0 Å². The van der Waals surface area contributed by atoms with Gasteiger partial charge < -0.3 is 9.47 Å². The molecule has 2 aliphatic carbocycles. The maximum Gasteiger partial charge on any atom is 0.417 e. The van der Waals surface area contributed by atoms with E-state index in [4.69, 9.17) is 9.47 Å². The predicted molar refractivity (Wildman–Crippen MR) is 134 cm³/mol. The third kappa shape index (κ3) is 5.65. The van der Waals surface area contributed by atoms with E-state index in [2.05, 4.69) is 18.0 Å². The molecule has 1 aromatic heterocycles. The first-order valence-corrected chi connectivity index (χ1v) is 14.4. The Morgan fingerprint density at radius 2 is 1.87 bits per heavy atom. The van der Waals surface area contributed by atoms with E-state index < -0.39 is 27.4 Å². The Hall–Kier alpha value is -3.14. The molecular formula is C28H27F4NO4S. The van der Waals surface area contributed by atoms with Crippen LogP contribution in [0.15, 0.2) is 48.7 Å². The molecule has 2 aliphatic rings. The van der Waals surface area contributed by atoms with Crippen molar-refractivity contribution in [2.45, 2.75) is 38.5 Å². The summed E-state index contributed by atoms with van der Waals surface area (Å²) in [5.74, 6) is 1.61. The molecule has 38 heavy (non-hydrogen) atoms. The molecule has 202 valence electrons. The number of aromatic nitrogens is 1. The fraction of sp³-hybridized carbons (Fsp3) is 0.393. The topological polar surface area (TPSA) is 65.5 Å². The number of sulfone groups is 1. The summed E-state index contributed by atoms with van der Waals surface area (Å²) in [6, 6.07) is 10.4. The Morgan fingerprint density at radius 3 is 2.61 bits per heavy atom. The lowest BCUT2D eigenvalue weighted by molar-refractivity contribution is -0.137. The Labute approximate surface area is 218 Å². The molecule has 2 aromatic carbocycles. The molecule has 3 aromatic rings.